The first kappa shape index (κ1) is 15.5. The van der Waals surface area contributed by atoms with Gasteiger partial charge in [0, 0.05) is 6.54 Å². The van der Waals surface area contributed by atoms with Gasteiger partial charge < -0.3 is 15.8 Å². The normalized spacial score (nSPS) is 12.3. The molecule has 1 aromatic rings. The molecule has 0 bridgehead atoms. The fourth-order valence-corrected chi connectivity index (χ4v) is 1.85. The molecule has 0 aliphatic rings. The molecule has 0 heterocycles. The van der Waals surface area contributed by atoms with Gasteiger partial charge >= 0.3 is 0 Å². The molecule has 0 saturated carbocycles. The molecule has 4 nitrogen and oxygen atoms in total. The predicted octanol–water partition coefficient (Wildman–Crippen LogP) is 2.07. The van der Waals surface area contributed by atoms with Crippen molar-refractivity contribution in [2.45, 2.75) is 39.8 Å². The minimum atomic E-state index is -0.435. The van der Waals surface area contributed by atoms with Crippen LogP contribution in [0.2, 0.25) is 0 Å². The Morgan fingerprint density at radius 3 is 2.79 bits per heavy atom. The second kappa shape index (κ2) is 7.79. The number of ether oxygens (including phenoxy) is 1. The molecule has 1 rings (SSSR count). The van der Waals surface area contributed by atoms with E-state index in [4.69, 9.17) is 10.5 Å². The van der Waals surface area contributed by atoms with Gasteiger partial charge in [0.15, 0.2) is 0 Å². The van der Waals surface area contributed by atoms with Gasteiger partial charge in [0.25, 0.3) is 0 Å². The SMILES string of the molecule is CCOc1cccc(CNC(=O)[C@@H](N)CC(C)C)c1. The number of nitrogens with two attached hydrogens (primary N) is 1. The maximum atomic E-state index is 11.8. The highest BCUT2D eigenvalue weighted by molar-refractivity contribution is 5.81. The summed E-state index contributed by atoms with van der Waals surface area (Å²) in [6, 6.07) is 7.27. The van der Waals surface area contributed by atoms with Gasteiger partial charge in [-0.1, -0.05) is 26.0 Å². The average molecular weight is 264 g/mol. The van der Waals surface area contributed by atoms with Gasteiger partial charge in [0.2, 0.25) is 5.91 Å². The van der Waals surface area contributed by atoms with Crippen molar-refractivity contribution < 1.29 is 9.53 Å². The van der Waals surface area contributed by atoms with E-state index in [1.54, 1.807) is 0 Å². The van der Waals surface area contributed by atoms with Crippen LogP contribution in [-0.2, 0) is 11.3 Å². The third-order valence-electron chi connectivity index (χ3n) is 2.74. The summed E-state index contributed by atoms with van der Waals surface area (Å²) < 4.78 is 5.42. The summed E-state index contributed by atoms with van der Waals surface area (Å²) in [6.07, 6.45) is 0.699. The molecule has 1 amide bonds. The summed E-state index contributed by atoms with van der Waals surface area (Å²) in [4.78, 5) is 11.8. The highest BCUT2D eigenvalue weighted by atomic mass is 16.5. The van der Waals surface area contributed by atoms with Crippen molar-refractivity contribution in [1.82, 2.24) is 5.32 Å². The van der Waals surface area contributed by atoms with Crippen LogP contribution in [-0.4, -0.2) is 18.6 Å². The smallest absolute Gasteiger partial charge is 0.237 e. The van der Waals surface area contributed by atoms with E-state index in [1.807, 2.05) is 31.2 Å². The third kappa shape index (κ3) is 5.75. The quantitative estimate of drug-likeness (QED) is 0.792. The summed E-state index contributed by atoms with van der Waals surface area (Å²) >= 11 is 0. The van der Waals surface area contributed by atoms with Gasteiger partial charge in [-0.25, -0.2) is 0 Å². The number of hydrogen-bond donors (Lipinski definition) is 2. The zero-order chi connectivity index (χ0) is 14.3. The van der Waals surface area contributed by atoms with Crippen molar-refractivity contribution in [3.63, 3.8) is 0 Å². The molecular formula is C15H24N2O2. The zero-order valence-corrected chi connectivity index (χ0v) is 12.0. The standard InChI is InChI=1S/C15H24N2O2/c1-4-19-13-7-5-6-12(9-13)10-17-15(18)14(16)8-11(2)3/h5-7,9,11,14H,4,8,10,16H2,1-3H3,(H,17,18)/t14-/m0/s1. The fraction of sp³-hybridized carbons (Fsp3) is 0.533. The molecule has 0 saturated heterocycles. The Kier molecular flexibility index (Phi) is 6.36. The number of carbonyl (C=O) groups is 1. The second-order valence-electron chi connectivity index (χ2n) is 5.03. The number of benzene rings is 1. The van der Waals surface area contributed by atoms with E-state index in [2.05, 4.69) is 19.2 Å². The lowest BCUT2D eigenvalue weighted by molar-refractivity contribution is -0.122. The monoisotopic (exact) mass is 264 g/mol. The molecule has 4 heteroatoms. The van der Waals surface area contributed by atoms with Gasteiger partial charge in [-0.05, 0) is 37.0 Å². The average Bonchev–Trinajstić information content (AvgIpc) is 2.36. The van der Waals surface area contributed by atoms with Crippen molar-refractivity contribution in [2.24, 2.45) is 11.7 Å². The van der Waals surface area contributed by atoms with E-state index in [-0.39, 0.29) is 5.91 Å². The Hall–Kier alpha value is -1.55. The molecule has 3 N–H and O–H groups in total. The molecule has 19 heavy (non-hydrogen) atoms. The Labute approximate surface area is 115 Å². The Bertz CT molecular complexity index is 405. The minimum absolute atomic E-state index is 0.101. The van der Waals surface area contributed by atoms with E-state index in [1.165, 1.54) is 0 Å². The van der Waals surface area contributed by atoms with Crippen molar-refractivity contribution in [3.05, 3.63) is 29.8 Å². The van der Waals surface area contributed by atoms with Gasteiger partial charge in [-0.3, -0.25) is 4.79 Å². The summed E-state index contributed by atoms with van der Waals surface area (Å²) in [6.45, 7) is 7.16. The molecule has 1 aromatic carbocycles. The first-order valence-corrected chi connectivity index (χ1v) is 6.78. The van der Waals surface area contributed by atoms with Crippen LogP contribution in [0.4, 0.5) is 0 Å². The highest BCUT2D eigenvalue weighted by Crippen LogP contribution is 2.13. The van der Waals surface area contributed by atoms with Crippen LogP contribution in [0, 0.1) is 5.92 Å². The number of nitrogens with one attached hydrogen (secondary N) is 1. The van der Waals surface area contributed by atoms with Gasteiger partial charge in [0.1, 0.15) is 5.75 Å². The Balaban J connectivity index is 2.47. The molecule has 106 valence electrons. The van der Waals surface area contributed by atoms with E-state index in [0.29, 0.717) is 25.5 Å². The molecule has 0 fully saturated rings. The molecule has 1 atom stereocenters. The fourth-order valence-electron chi connectivity index (χ4n) is 1.85. The number of carbonyl (C=O) groups excluding carboxylic acids is 1. The highest BCUT2D eigenvalue weighted by Gasteiger charge is 2.14. The van der Waals surface area contributed by atoms with E-state index < -0.39 is 6.04 Å². The van der Waals surface area contributed by atoms with E-state index in [0.717, 1.165) is 11.3 Å². The summed E-state index contributed by atoms with van der Waals surface area (Å²) in [7, 11) is 0. The summed E-state index contributed by atoms with van der Waals surface area (Å²) in [5.74, 6) is 1.14. The van der Waals surface area contributed by atoms with Gasteiger partial charge in [0.05, 0.1) is 12.6 Å². The lowest BCUT2D eigenvalue weighted by Crippen LogP contribution is -2.41. The minimum Gasteiger partial charge on any atom is -0.494 e. The maximum Gasteiger partial charge on any atom is 0.237 e. The molecule has 0 radical (unpaired) electrons. The molecule has 0 spiro atoms. The first-order valence-electron chi connectivity index (χ1n) is 6.78. The second-order valence-corrected chi connectivity index (χ2v) is 5.03. The van der Waals surface area contributed by atoms with Crippen LogP contribution >= 0.6 is 0 Å². The Morgan fingerprint density at radius 2 is 2.16 bits per heavy atom. The molecule has 0 aliphatic carbocycles. The van der Waals surface area contributed by atoms with Crippen molar-refractivity contribution in [3.8, 4) is 5.75 Å². The van der Waals surface area contributed by atoms with Crippen LogP contribution in [0.5, 0.6) is 5.75 Å². The van der Waals surface area contributed by atoms with Gasteiger partial charge in [-0.2, -0.15) is 0 Å². The summed E-state index contributed by atoms with van der Waals surface area (Å²) in [5.41, 5.74) is 6.83. The third-order valence-corrected chi connectivity index (χ3v) is 2.74. The first-order chi connectivity index (χ1) is 9.02. The molecule has 0 aromatic heterocycles. The number of hydrogen-bond acceptors (Lipinski definition) is 3. The van der Waals surface area contributed by atoms with Crippen LogP contribution in [0.25, 0.3) is 0 Å². The largest absolute Gasteiger partial charge is 0.494 e. The lowest BCUT2D eigenvalue weighted by atomic mass is 10.0. The summed E-state index contributed by atoms with van der Waals surface area (Å²) in [5, 5.41) is 2.85. The van der Waals surface area contributed by atoms with Gasteiger partial charge in [-0.15, -0.1) is 0 Å². The van der Waals surface area contributed by atoms with Crippen LogP contribution in [0.15, 0.2) is 24.3 Å². The van der Waals surface area contributed by atoms with Crippen molar-refractivity contribution >= 4 is 5.91 Å². The Morgan fingerprint density at radius 1 is 1.42 bits per heavy atom. The molecule has 0 aliphatic heterocycles. The van der Waals surface area contributed by atoms with Crippen LogP contribution in [0.1, 0.15) is 32.8 Å². The molecular weight excluding hydrogens is 240 g/mol. The van der Waals surface area contributed by atoms with Crippen LogP contribution in [0.3, 0.4) is 0 Å². The maximum absolute atomic E-state index is 11.8. The van der Waals surface area contributed by atoms with E-state index in [9.17, 15) is 4.79 Å². The number of rotatable bonds is 7. The van der Waals surface area contributed by atoms with Crippen molar-refractivity contribution in [2.75, 3.05) is 6.61 Å². The number of amides is 1. The van der Waals surface area contributed by atoms with Crippen LogP contribution < -0.4 is 15.8 Å². The zero-order valence-electron chi connectivity index (χ0n) is 12.0. The predicted molar refractivity (Wildman–Crippen MR) is 76.9 cm³/mol. The topological polar surface area (TPSA) is 64.3 Å². The van der Waals surface area contributed by atoms with E-state index >= 15 is 0 Å². The lowest BCUT2D eigenvalue weighted by Gasteiger charge is -2.14. The molecule has 0 unspecified atom stereocenters. The van der Waals surface area contributed by atoms with Crippen molar-refractivity contribution in [1.29, 1.82) is 0 Å².